The third-order valence-corrected chi connectivity index (χ3v) is 2.74. The van der Waals surface area contributed by atoms with Crippen molar-refractivity contribution < 1.29 is 0 Å². The van der Waals surface area contributed by atoms with E-state index in [1.54, 1.807) is 6.20 Å². The van der Waals surface area contributed by atoms with E-state index in [-0.39, 0.29) is 0 Å². The molecule has 2 heterocycles. The van der Waals surface area contributed by atoms with Gasteiger partial charge < -0.3 is 10.7 Å². The normalized spacial score (nSPS) is 10.9. The summed E-state index contributed by atoms with van der Waals surface area (Å²) >= 11 is 0. The molecule has 1 aromatic carbocycles. The summed E-state index contributed by atoms with van der Waals surface area (Å²) in [5.74, 6) is 1.50. The van der Waals surface area contributed by atoms with Gasteiger partial charge in [-0.1, -0.05) is 30.3 Å². The van der Waals surface area contributed by atoms with Crippen LogP contribution in [0.2, 0.25) is 0 Å². The number of H-pyrrole nitrogens is 1. The van der Waals surface area contributed by atoms with Crippen LogP contribution in [0.25, 0.3) is 11.2 Å². The van der Waals surface area contributed by atoms with Crippen LogP contribution in [0.5, 0.6) is 0 Å². The zero-order valence-corrected chi connectivity index (χ0v) is 9.80. The summed E-state index contributed by atoms with van der Waals surface area (Å²) in [5, 5.41) is 0. The Labute approximate surface area is 104 Å². The molecule has 90 valence electrons. The standard InChI is InChI=1S/C13H13N5/c14-7-12-15-8-10-13(18-12)17-11(16-10)6-9-4-2-1-3-5-9/h1-5,8H,6-7,14H2,(H,15,16,17,18). The maximum absolute atomic E-state index is 5.51. The van der Waals surface area contributed by atoms with E-state index >= 15 is 0 Å². The van der Waals surface area contributed by atoms with Crippen molar-refractivity contribution in [3.63, 3.8) is 0 Å². The highest BCUT2D eigenvalue weighted by Crippen LogP contribution is 2.11. The number of imidazole rings is 1. The number of aromatic nitrogens is 4. The minimum absolute atomic E-state index is 0.330. The molecule has 0 bridgehead atoms. The quantitative estimate of drug-likeness (QED) is 0.724. The lowest BCUT2D eigenvalue weighted by Crippen LogP contribution is -2.02. The number of fused-ring (bicyclic) bond motifs is 1. The fraction of sp³-hybridized carbons (Fsp3) is 0.154. The lowest BCUT2D eigenvalue weighted by atomic mass is 10.1. The van der Waals surface area contributed by atoms with Crippen molar-refractivity contribution in [2.24, 2.45) is 5.73 Å². The van der Waals surface area contributed by atoms with Gasteiger partial charge in [0.15, 0.2) is 5.65 Å². The number of hydrogen-bond donors (Lipinski definition) is 2. The molecule has 5 nitrogen and oxygen atoms in total. The Morgan fingerprint density at radius 3 is 2.72 bits per heavy atom. The van der Waals surface area contributed by atoms with E-state index in [4.69, 9.17) is 5.73 Å². The van der Waals surface area contributed by atoms with Gasteiger partial charge in [-0.25, -0.2) is 15.0 Å². The SMILES string of the molecule is NCc1ncc2[nH]c(Cc3ccccc3)nc2n1. The summed E-state index contributed by atoms with van der Waals surface area (Å²) < 4.78 is 0. The van der Waals surface area contributed by atoms with Crippen LogP contribution < -0.4 is 5.73 Å². The first-order chi connectivity index (χ1) is 8.85. The van der Waals surface area contributed by atoms with Gasteiger partial charge in [-0.3, -0.25) is 0 Å². The third-order valence-electron chi connectivity index (χ3n) is 2.74. The number of nitrogens with two attached hydrogens (primary N) is 1. The Balaban J connectivity index is 1.94. The molecule has 3 N–H and O–H groups in total. The van der Waals surface area contributed by atoms with Crippen LogP contribution in [0.4, 0.5) is 0 Å². The number of aromatic amines is 1. The number of nitrogens with one attached hydrogen (secondary N) is 1. The zero-order chi connectivity index (χ0) is 12.4. The molecule has 0 aliphatic rings. The highest BCUT2D eigenvalue weighted by molar-refractivity contribution is 5.69. The zero-order valence-electron chi connectivity index (χ0n) is 9.80. The van der Waals surface area contributed by atoms with Gasteiger partial charge >= 0.3 is 0 Å². The van der Waals surface area contributed by atoms with Gasteiger partial charge in [0, 0.05) is 6.42 Å². The summed E-state index contributed by atoms with van der Waals surface area (Å²) in [7, 11) is 0. The fourth-order valence-corrected chi connectivity index (χ4v) is 1.86. The molecule has 2 aromatic heterocycles. The molecule has 3 aromatic rings. The molecule has 0 saturated carbocycles. The van der Waals surface area contributed by atoms with E-state index in [0.717, 1.165) is 17.8 Å². The largest absolute Gasteiger partial charge is 0.339 e. The Morgan fingerprint density at radius 1 is 1.11 bits per heavy atom. The van der Waals surface area contributed by atoms with Gasteiger partial charge in [-0.15, -0.1) is 0 Å². The highest BCUT2D eigenvalue weighted by atomic mass is 15.0. The van der Waals surface area contributed by atoms with Crippen molar-refractivity contribution in [3.8, 4) is 0 Å². The van der Waals surface area contributed by atoms with Gasteiger partial charge in [-0.05, 0) is 5.56 Å². The van der Waals surface area contributed by atoms with Crippen LogP contribution in [-0.2, 0) is 13.0 Å². The number of nitrogens with zero attached hydrogens (tertiary/aromatic N) is 3. The Morgan fingerprint density at radius 2 is 1.94 bits per heavy atom. The number of benzene rings is 1. The van der Waals surface area contributed by atoms with Crippen LogP contribution >= 0.6 is 0 Å². The maximum atomic E-state index is 5.51. The predicted octanol–water partition coefficient (Wildman–Crippen LogP) is 1.40. The smallest absolute Gasteiger partial charge is 0.181 e. The molecule has 18 heavy (non-hydrogen) atoms. The van der Waals surface area contributed by atoms with Crippen molar-refractivity contribution >= 4 is 11.2 Å². The average molecular weight is 239 g/mol. The van der Waals surface area contributed by atoms with Gasteiger partial charge in [0.05, 0.1) is 12.7 Å². The molecule has 0 aliphatic carbocycles. The van der Waals surface area contributed by atoms with Crippen molar-refractivity contribution in [1.82, 2.24) is 19.9 Å². The molecular formula is C13H13N5. The molecule has 0 unspecified atom stereocenters. The topological polar surface area (TPSA) is 80.5 Å². The molecule has 0 saturated heterocycles. The lowest BCUT2D eigenvalue weighted by Gasteiger charge is -1.95. The van der Waals surface area contributed by atoms with Crippen molar-refractivity contribution in [1.29, 1.82) is 0 Å². The summed E-state index contributed by atoms with van der Waals surface area (Å²) in [4.78, 5) is 16.1. The van der Waals surface area contributed by atoms with Crippen LogP contribution in [0.15, 0.2) is 36.5 Å². The predicted molar refractivity (Wildman–Crippen MR) is 68.8 cm³/mol. The first kappa shape index (κ1) is 10.9. The number of rotatable bonds is 3. The second kappa shape index (κ2) is 4.54. The summed E-state index contributed by atoms with van der Waals surface area (Å²) in [6, 6.07) is 10.2. The van der Waals surface area contributed by atoms with Crippen molar-refractivity contribution in [3.05, 3.63) is 53.7 Å². The van der Waals surface area contributed by atoms with Crippen molar-refractivity contribution in [2.45, 2.75) is 13.0 Å². The third kappa shape index (κ3) is 2.08. The Kier molecular flexibility index (Phi) is 2.74. The molecule has 5 heteroatoms. The van der Waals surface area contributed by atoms with Crippen LogP contribution in [0.1, 0.15) is 17.2 Å². The van der Waals surface area contributed by atoms with Crippen LogP contribution in [-0.4, -0.2) is 19.9 Å². The first-order valence-electron chi connectivity index (χ1n) is 5.79. The summed E-state index contributed by atoms with van der Waals surface area (Å²) in [6.45, 7) is 0.330. The maximum Gasteiger partial charge on any atom is 0.181 e. The monoisotopic (exact) mass is 239 g/mol. The average Bonchev–Trinajstić information content (AvgIpc) is 2.80. The molecule has 3 rings (SSSR count). The molecule has 0 fully saturated rings. The second-order valence-electron chi connectivity index (χ2n) is 4.07. The van der Waals surface area contributed by atoms with E-state index in [1.165, 1.54) is 5.56 Å². The van der Waals surface area contributed by atoms with Crippen LogP contribution in [0.3, 0.4) is 0 Å². The molecule has 0 radical (unpaired) electrons. The van der Waals surface area contributed by atoms with E-state index < -0.39 is 0 Å². The van der Waals surface area contributed by atoms with Crippen molar-refractivity contribution in [2.75, 3.05) is 0 Å². The van der Waals surface area contributed by atoms with Gasteiger partial charge in [-0.2, -0.15) is 0 Å². The Hall–Kier alpha value is -2.27. The highest BCUT2D eigenvalue weighted by Gasteiger charge is 2.06. The van der Waals surface area contributed by atoms with E-state index in [2.05, 4.69) is 32.1 Å². The summed E-state index contributed by atoms with van der Waals surface area (Å²) in [5.41, 5.74) is 8.24. The molecule has 0 aliphatic heterocycles. The van der Waals surface area contributed by atoms with Crippen LogP contribution in [0, 0.1) is 0 Å². The van der Waals surface area contributed by atoms with E-state index in [1.807, 2.05) is 18.2 Å². The molecule has 0 atom stereocenters. The fourth-order valence-electron chi connectivity index (χ4n) is 1.86. The Bertz CT molecular complexity index is 659. The molecule has 0 amide bonds. The van der Waals surface area contributed by atoms with E-state index in [0.29, 0.717) is 18.0 Å². The minimum atomic E-state index is 0.330. The minimum Gasteiger partial charge on any atom is -0.339 e. The first-order valence-corrected chi connectivity index (χ1v) is 5.79. The summed E-state index contributed by atoms with van der Waals surface area (Å²) in [6.07, 6.45) is 2.49. The number of hydrogen-bond acceptors (Lipinski definition) is 4. The second-order valence-corrected chi connectivity index (χ2v) is 4.07. The molecular weight excluding hydrogens is 226 g/mol. The van der Waals surface area contributed by atoms with Gasteiger partial charge in [0.25, 0.3) is 0 Å². The van der Waals surface area contributed by atoms with Gasteiger partial charge in [0.2, 0.25) is 0 Å². The van der Waals surface area contributed by atoms with E-state index in [9.17, 15) is 0 Å². The molecule has 0 spiro atoms. The lowest BCUT2D eigenvalue weighted by molar-refractivity contribution is 0.921. The van der Waals surface area contributed by atoms with Gasteiger partial charge in [0.1, 0.15) is 17.2 Å².